The Balaban J connectivity index is 2.32. The molecule has 0 bridgehead atoms. The molecule has 0 aliphatic carbocycles. The van der Waals surface area contributed by atoms with Crippen LogP contribution in [-0.4, -0.2) is 0 Å². The molecule has 1 nitrogen and oxygen atoms in total. The average molecular weight is 326 g/mol. The van der Waals surface area contributed by atoms with Gasteiger partial charge in [-0.1, -0.05) is 31.2 Å². The molecule has 0 aliphatic heterocycles. The summed E-state index contributed by atoms with van der Waals surface area (Å²) in [5.74, 6) is -0.640. The lowest BCUT2D eigenvalue weighted by atomic mass is 10.0. The number of benzene rings is 2. The zero-order valence-electron chi connectivity index (χ0n) is 10.5. The van der Waals surface area contributed by atoms with Gasteiger partial charge in [-0.15, -0.1) is 0 Å². The van der Waals surface area contributed by atoms with Crippen molar-refractivity contribution < 1.29 is 8.78 Å². The molecule has 0 saturated heterocycles. The van der Waals surface area contributed by atoms with E-state index in [4.69, 9.17) is 0 Å². The lowest BCUT2D eigenvalue weighted by molar-refractivity contribution is 0.582. The fourth-order valence-electron chi connectivity index (χ4n) is 1.97. The van der Waals surface area contributed by atoms with Crippen molar-refractivity contribution in [3.05, 3.63) is 64.1 Å². The number of hydrogen-bond donors (Lipinski definition) is 1. The summed E-state index contributed by atoms with van der Waals surface area (Å²) in [6.45, 7) is 1.93. The minimum atomic E-state index is -0.357. The van der Waals surface area contributed by atoms with E-state index in [0.717, 1.165) is 0 Å². The van der Waals surface area contributed by atoms with E-state index in [2.05, 4.69) is 21.2 Å². The smallest absolute Gasteiger partial charge is 0.147 e. The first-order valence-electron chi connectivity index (χ1n) is 6.08. The van der Waals surface area contributed by atoms with E-state index in [1.54, 1.807) is 30.3 Å². The molecule has 0 spiro atoms. The van der Waals surface area contributed by atoms with Crippen LogP contribution < -0.4 is 5.32 Å². The van der Waals surface area contributed by atoms with Crippen molar-refractivity contribution in [1.29, 1.82) is 0 Å². The van der Waals surface area contributed by atoms with Crippen LogP contribution in [0.4, 0.5) is 14.5 Å². The first-order chi connectivity index (χ1) is 9.13. The fraction of sp³-hybridized carbons (Fsp3) is 0.200. The largest absolute Gasteiger partial charge is 0.375 e. The van der Waals surface area contributed by atoms with Crippen molar-refractivity contribution >= 4 is 21.6 Å². The molecule has 1 unspecified atom stereocenters. The highest BCUT2D eigenvalue weighted by atomic mass is 79.9. The van der Waals surface area contributed by atoms with Gasteiger partial charge in [0.25, 0.3) is 0 Å². The van der Waals surface area contributed by atoms with Gasteiger partial charge >= 0.3 is 0 Å². The molecule has 0 aliphatic rings. The van der Waals surface area contributed by atoms with Crippen molar-refractivity contribution in [2.45, 2.75) is 19.4 Å². The summed E-state index contributed by atoms with van der Waals surface area (Å²) in [5.41, 5.74) is 0.901. The predicted molar refractivity (Wildman–Crippen MR) is 77.2 cm³/mol. The Kier molecular flexibility index (Phi) is 4.53. The summed E-state index contributed by atoms with van der Waals surface area (Å²) in [4.78, 5) is 0. The van der Waals surface area contributed by atoms with Crippen LogP contribution >= 0.6 is 15.9 Å². The second-order valence-electron chi connectivity index (χ2n) is 4.22. The molecule has 0 heterocycles. The van der Waals surface area contributed by atoms with Gasteiger partial charge < -0.3 is 5.32 Å². The SMILES string of the molecule is CCC(Nc1c(F)cccc1Br)c1ccccc1F. The van der Waals surface area contributed by atoms with Crippen LogP contribution in [0.1, 0.15) is 24.9 Å². The molecule has 0 fully saturated rings. The third-order valence-corrected chi connectivity index (χ3v) is 3.63. The molecule has 0 saturated carbocycles. The van der Waals surface area contributed by atoms with Crippen LogP contribution in [-0.2, 0) is 0 Å². The van der Waals surface area contributed by atoms with E-state index in [9.17, 15) is 8.78 Å². The van der Waals surface area contributed by atoms with Gasteiger partial charge in [-0.25, -0.2) is 8.78 Å². The summed E-state index contributed by atoms with van der Waals surface area (Å²) in [6, 6.07) is 11.0. The maximum Gasteiger partial charge on any atom is 0.147 e. The van der Waals surface area contributed by atoms with Gasteiger partial charge in [-0.3, -0.25) is 0 Å². The number of hydrogen-bond acceptors (Lipinski definition) is 1. The number of nitrogens with one attached hydrogen (secondary N) is 1. The van der Waals surface area contributed by atoms with Crippen LogP contribution in [0.2, 0.25) is 0 Å². The molecule has 0 radical (unpaired) electrons. The topological polar surface area (TPSA) is 12.0 Å². The summed E-state index contributed by atoms with van der Waals surface area (Å²) >= 11 is 3.30. The quantitative estimate of drug-likeness (QED) is 0.805. The van der Waals surface area contributed by atoms with Gasteiger partial charge in [-0.2, -0.15) is 0 Å². The van der Waals surface area contributed by atoms with E-state index in [0.29, 0.717) is 22.1 Å². The van der Waals surface area contributed by atoms with Gasteiger partial charge in [-0.05, 0) is 40.5 Å². The first kappa shape index (κ1) is 14.0. The van der Waals surface area contributed by atoms with Gasteiger partial charge in [0, 0.05) is 10.0 Å². The van der Waals surface area contributed by atoms with Crippen LogP contribution in [0.15, 0.2) is 46.9 Å². The van der Waals surface area contributed by atoms with Crippen molar-refractivity contribution in [3.8, 4) is 0 Å². The molecular weight excluding hydrogens is 312 g/mol. The van der Waals surface area contributed by atoms with E-state index in [1.165, 1.54) is 12.1 Å². The van der Waals surface area contributed by atoms with Gasteiger partial charge in [0.2, 0.25) is 0 Å². The minimum Gasteiger partial charge on any atom is -0.375 e. The van der Waals surface area contributed by atoms with Crippen LogP contribution in [0, 0.1) is 11.6 Å². The highest BCUT2D eigenvalue weighted by Crippen LogP contribution is 2.31. The lowest BCUT2D eigenvalue weighted by Gasteiger charge is -2.20. The molecular formula is C15H14BrF2N. The van der Waals surface area contributed by atoms with Gasteiger partial charge in [0.15, 0.2) is 0 Å². The summed E-state index contributed by atoms with van der Waals surface area (Å²) < 4.78 is 28.2. The third-order valence-electron chi connectivity index (χ3n) is 2.97. The van der Waals surface area contributed by atoms with E-state index < -0.39 is 0 Å². The lowest BCUT2D eigenvalue weighted by Crippen LogP contribution is -2.12. The zero-order chi connectivity index (χ0) is 13.8. The Hall–Kier alpha value is -1.42. The average Bonchev–Trinajstić information content (AvgIpc) is 2.40. The summed E-state index contributed by atoms with van der Waals surface area (Å²) in [5, 5.41) is 3.06. The number of halogens is 3. The molecule has 0 amide bonds. The van der Waals surface area contributed by atoms with Gasteiger partial charge in [0.05, 0.1) is 11.7 Å². The number of rotatable bonds is 4. The van der Waals surface area contributed by atoms with Crippen molar-refractivity contribution in [3.63, 3.8) is 0 Å². The number of anilines is 1. The van der Waals surface area contributed by atoms with Crippen molar-refractivity contribution in [1.82, 2.24) is 0 Å². The standard InChI is InChI=1S/C15H14BrF2N/c1-2-14(10-6-3-4-8-12(10)17)19-15-11(16)7-5-9-13(15)18/h3-9,14,19H,2H2,1H3. The molecule has 2 aromatic rings. The highest BCUT2D eigenvalue weighted by Gasteiger charge is 2.16. The first-order valence-corrected chi connectivity index (χ1v) is 6.87. The molecule has 1 N–H and O–H groups in total. The van der Waals surface area contributed by atoms with Crippen LogP contribution in [0.3, 0.4) is 0 Å². The highest BCUT2D eigenvalue weighted by molar-refractivity contribution is 9.10. The fourth-order valence-corrected chi connectivity index (χ4v) is 2.42. The van der Waals surface area contributed by atoms with Gasteiger partial charge in [0.1, 0.15) is 11.6 Å². The Bertz CT molecular complexity index is 552. The van der Waals surface area contributed by atoms with Crippen LogP contribution in [0.5, 0.6) is 0 Å². The Morgan fingerprint density at radius 2 is 1.74 bits per heavy atom. The normalized spacial score (nSPS) is 12.2. The Morgan fingerprint density at radius 3 is 2.37 bits per heavy atom. The zero-order valence-corrected chi connectivity index (χ0v) is 12.0. The van der Waals surface area contributed by atoms with Crippen molar-refractivity contribution in [2.24, 2.45) is 0 Å². The molecule has 4 heteroatoms. The second kappa shape index (κ2) is 6.15. The predicted octanol–water partition coefficient (Wildman–Crippen LogP) is 5.29. The maximum absolute atomic E-state index is 13.8. The molecule has 100 valence electrons. The van der Waals surface area contributed by atoms with E-state index in [-0.39, 0.29) is 17.7 Å². The third kappa shape index (κ3) is 3.13. The molecule has 2 rings (SSSR count). The molecule has 2 aromatic carbocycles. The van der Waals surface area contributed by atoms with Crippen LogP contribution in [0.25, 0.3) is 0 Å². The second-order valence-corrected chi connectivity index (χ2v) is 5.08. The number of para-hydroxylation sites is 1. The Labute approximate surface area is 119 Å². The van der Waals surface area contributed by atoms with E-state index >= 15 is 0 Å². The monoisotopic (exact) mass is 325 g/mol. The summed E-state index contributed by atoms with van der Waals surface area (Å²) in [6.07, 6.45) is 0.654. The van der Waals surface area contributed by atoms with E-state index in [1.807, 2.05) is 6.92 Å². The molecule has 1 atom stereocenters. The Morgan fingerprint density at radius 1 is 1.05 bits per heavy atom. The van der Waals surface area contributed by atoms with Crippen molar-refractivity contribution in [2.75, 3.05) is 5.32 Å². The minimum absolute atomic E-state index is 0.269. The molecule has 19 heavy (non-hydrogen) atoms. The maximum atomic E-state index is 13.8. The summed E-state index contributed by atoms with van der Waals surface area (Å²) in [7, 11) is 0. The molecule has 0 aromatic heterocycles.